The SMILES string of the molecule is CNCCN1CCN(Cc2cc(Oc3ccc(N4CCNCC4)nc3)nc(-c3cc(Cl)cc(Cl)c3)c2)CC1. The maximum atomic E-state index is 6.32. The van der Waals surface area contributed by atoms with Crippen molar-refractivity contribution in [2.24, 2.45) is 0 Å². The minimum Gasteiger partial charge on any atom is -0.437 e. The molecule has 10 heteroatoms. The van der Waals surface area contributed by atoms with Crippen molar-refractivity contribution < 1.29 is 4.74 Å². The maximum absolute atomic E-state index is 6.32. The summed E-state index contributed by atoms with van der Waals surface area (Å²) in [5.41, 5.74) is 2.77. The number of hydrogen-bond acceptors (Lipinski definition) is 8. The Balaban J connectivity index is 1.35. The summed E-state index contributed by atoms with van der Waals surface area (Å²) in [6.45, 7) is 10.9. The summed E-state index contributed by atoms with van der Waals surface area (Å²) < 4.78 is 6.23. The summed E-state index contributed by atoms with van der Waals surface area (Å²) in [4.78, 5) is 16.7. The second kappa shape index (κ2) is 13.1. The van der Waals surface area contributed by atoms with Gasteiger partial charge in [-0.1, -0.05) is 23.2 Å². The van der Waals surface area contributed by atoms with E-state index >= 15 is 0 Å². The Bertz CT molecular complexity index is 1180. The highest BCUT2D eigenvalue weighted by molar-refractivity contribution is 6.35. The second-order valence-corrected chi connectivity index (χ2v) is 10.6. The number of likely N-dealkylation sites (N-methyl/N-ethyl adjacent to an activating group) is 1. The summed E-state index contributed by atoms with van der Waals surface area (Å²) in [5.74, 6) is 2.14. The van der Waals surface area contributed by atoms with Crippen LogP contribution in [0.5, 0.6) is 11.6 Å². The fourth-order valence-corrected chi connectivity index (χ4v) is 5.41. The third-order valence-electron chi connectivity index (χ3n) is 6.95. The zero-order chi connectivity index (χ0) is 26.3. The minimum atomic E-state index is 0.526. The van der Waals surface area contributed by atoms with Gasteiger partial charge >= 0.3 is 0 Å². The quantitative estimate of drug-likeness (QED) is 0.410. The highest BCUT2D eigenvalue weighted by Crippen LogP contribution is 2.30. The molecule has 1 aromatic carbocycles. The summed E-state index contributed by atoms with van der Waals surface area (Å²) in [5, 5.41) is 7.76. The Morgan fingerprint density at radius 1 is 0.921 bits per heavy atom. The number of ether oxygens (including phenoxy) is 1. The maximum Gasteiger partial charge on any atom is 0.220 e. The molecule has 2 aliphatic rings. The summed E-state index contributed by atoms with van der Waals surface area (Å²) in [7, 11) is 2.00. The van der Waals surface area contributed by atoms with E-state index in [2.05, 4.69) is 36.4 Å². The van der Waals surface area contributed by atoms with Gasteiger partial charge in [-0.3, -0.25) is 9.80 Å². The van der Waals surface area contributed by atoms with Crippen LogP contribution in [0.1, 0.15) is 5.56 Å². The predicted molar refractivity (Wildman–Crippen MR) is 155 cm³/mol. The van der Waals surface area contributed by atoms with Crippen LogP contribution in [-0.2, 0) is 6.54 Å². The lowest BCUT2D eigenvalue weighted by Gasteiger charge is -2.34. The molecule has 0 aliphatic carbocycles. The predicted octanol–water partition coefficient (Wildman–Crippen LogP) is 3.99. The molecule has 3 aromatic rings. The average molecular weight is 557 g/mol. The van der Waals surface area contributed by atoms with Crippen molar-refractivity contribution in [1.82, 2.24) is 30.4 Å². The van der Waals surface area contributed by atoms with Crippen LogP contribution in [0, 0.1) is 0 Å². The van der Waals surface area contributed by atoms with E-state index in [0.29, 0.717) is 21.7 Å². The molecule has 0 radical (unpaired) electrons. The fraction of sp³-hybridized carbons (Fsp3) is 0.429. The number of pyridine rings is 2. The number of aromatic nitrogens is 2. The standard InChI is InChI=1S/C28H35Cl2N7O/c1-31-4-7-35-10-12-36(13-11-35)20-21-14-26(22-16-23(29)18-24(30)17-22)34-28(15-21)38-25-2-3-27(33-19-25)37-8-5-32-6-9-37/h2-3,14-19,31-32H,4-13,20H2,1H3. The van der Waals surface area contributed by atoms with Crippen LogP contribution in [0.15, 0.2) is 48.7 Å². The molecule has 2 fully saturated rings. The van der Waals surface area contributed by atoms with E-state index in [-0.39, 0.29) is 0 Å². The molecule has 0 spiro atoms. The van der Waals surface area contributed by atoms with Gasteiger partial charge in [-0.05, 0) is 49.0 Å². The fourth-order valence-electron chi connectivity index (χ4n) is 4.89. The number of nitrogens with one attached hydrogen (secondary N) is 2. The molecule has 0 bridgehead atoms. The number of nitrogens with zero attached hydrogens (tertiary/aromatic N) is 5. The number of piperazine rings is 2. The Hall–Kier alpha value is -2.46. The van der Waals surface area contributed by atoms with Gasteiger partial charge in [0.2, 0.25) is 5.88 Å². The van der Waals surface area contributed by atoms with Gasteiger partial charge in [-0.25, -0.2) is 9.97 Å². The molecular weight excluding hydrogens is 521 g/mol. The molecule has 0 atom stereocenters. The summed E-state index contributed by atoms with van der Waals surface area (Å²) in [6.07, 6.45) is 1.77. The van der Waals surface area contributed by atoms with Crippen molar-refractivity contribution >= 4 is 29.0 Å². The van der Waals surface area contributed by atoms with Crippen LogP contribution >= 0.6 is 23.2 Å². The third kappa shape index (κ3) is 7.34. The van der Waals surface area contributed by atoms with E-state index in [1.54, 1.807) is 12.3 Å². The number of halogens is 2. The van der Waals surface area contributed by atoms with Crippen molar-refractivity contribution in [1.29, 1.82) is 0 Å². The molecule has 2 aromatic heterocycles. The van der Waals surface area contributed by atoms with Gasteiger partial charge in [-0.2, -0.15) is 0 Å². The Labute approximate surface area is 234 Å². The van der Waals surface area contributed by atoms with Crippen LogP contribution in [0.4, 0.5) is 5.82 Å². The summed E-state index contributed by atoms with van der Waals surface area (Å²) >= 11 is 12.6. The van der Waals surface area contributed by atoms with Gasteiger partial charge in [-0.15, -0.1) is 0 Å². The molecule has 202 valence electrons. The molecular formula is C28H35Cl2N7O. The first-order chi connectivity index (χ1) is 18.6. The lowest BCUT2D eigenvalue weighted by molar-refractivity contribution is 0.128. The van der Waals surface area contributed by atoms with Crippen molar-refractivity contribution in [3.05, 3.63) is 64.3 Å². The lowest BCUT2D eigenvalue weighted by Crippen LogP contribution is -2.47. The van der Waals surface area contributed by atoms with E-state index < -0.39 is 0 Å². The summed E-state index contributed by atoms with van der Waals surface area (Å²) in [6, 6.07) is 13.6. The highest BCUT2D eigenvalue weighted by Gasteiger charge is 2.18. The molecule has 0 amide bonds. The van der Waals surface area contributed by atoms with E-state index in [9.17, 15) is 0 Å². The molecule has 38 heavy (non-hydrogen) atoms. The third-order valence-corrected chi connectivity index (χ3v) is 7.39. The van der Waals surface area contributed by atoms with Crippen molar-refractivity contribution in [2.75, 3.05) is 77.4 Å². The van der Waals surface area contributed by atoms with Crippen LogP contribution in [0.3, 0.4) is 0 Å². The van der Waals surface area contributed by atoms with Crippen LogP contribution in [-0.4, -0.2) is 92.3 Å². The smallest absolute Gasteiger partial charge is 0.220 e. The van der Waals surface area contributed by atoms with Gasteiger partial charge in [0.1, 0.15) is 11.6 Å². The van der Waals surface area contributed by atoms with Crippen LogP contribution < -0.4 is 20.3 Å². The van der Waals surface area contributed by atoms with Gasteiger partial charge < -0.3 is 20.3 Å². The molecule has 5 rings (SSSR count). The molecule has 2 N–H and O–H groups in total. The van der Waals surface area contributed by atoms with E-state index in [1.165, 1.54) is 0 Å². The van der Waals surface area contributed by atoms with E-state index in [0.717, 1.165) is 94.6 Å². The Morgan fingerprint density at radius 2 is 1.66 bits per heavy atom. The molecule has 8 nitrogen and oxygen atoms in total. The van der Waals surface area contributed by atoms with Gasteiger partial charge in [0.25, 0.3) is 0 Å². The Morgan fingerprint density at radius 3 is 2.34 bits per heavy atom. The molecule has 4 heterocycles. The largest absolute Gasteiger partial charge is 0.437 e. The van der Waals surface area contributed by atoms with Crippen LogP contribution in [0.2, 0.25) is 10.0 Å². The average Bonchev–Trinajstić information content (AvgIpc) is 2.93. The normalized spacial score (nSPS) is 17.1. The monoisotopic (exact) mass is 555 g/mol. The zero-order valence-corrected chi connectivity index (χ0v) is 23.3. The first-order valence-electron chi connectivity index (χ1n) is 13.2. The van der Waals surface area contributed by atoms with Crippen molar-refractivity contribution in [2.45, 2.75) is 6.54 Å². The highest BCUT2D eigenvalue weighted by atomic mass is 35.5. The van der Waals surface area contributed by atoms with Crippen LogP contribution in [0.25, 0.3) is 11.3 Å². The van der Waals surface area contributed by atoms with Gasteiger partial charge in [0, 0.05) is 93.7 Å². The molecule has 2 saturated heterocycles. The van der Waals surface area contributed by atoms with E-state index in [1.807, 2.05) is 37.4 Å². The van der Waals surface area contributed by atoms with Gasteiger partial charge in [0.15, 0.2) is 0 Å². The lowest BCUT2D eigenvalue weighted by atomic mass is 10.1. The van der Waals surface area contributed by atoms with Gasteiger partial charge in [0.05, 0.1) is 11.9 Å². The molecule has 0 unspecified atom stereocenters. The zero-order valence-electron chi connectivity index (χ0n) is 21.8. The van der Waals surface area contributed by atoms with Crippen molar-refractivity contribution in [3.63, 3.8) is 0 Å². The first-order valence-corrected chi connectivity index (χ1v) is 14.0. The number of hydrogen-bond donors (Lipinski definition) is 2. The molecule has 2 aliphatic heterocycles. The van der Waals surface area contributed by atoms with E-state index in [4.69, 9.17) is 32.9 Å². The number of anilines is 1. The minimum absolute atomic E-state index is 0.526. The second-order valence-electron chi connectivity index (χ2n) is 9.77. The number of rotatable bonds is 9. The van der Waals surface area contributed by atoms with Crippen molar-refractivity contribution in [3.8, 4) is 22.9 Å². The first kappa shape index (κ1) is 27.1. The topological polar surface area (TPSA) is 68.8 Å². The Kier molecular flexibility index (Phi) is 9.32. The molecule has 0 saturated carbocycles. The number of benzene rings is 1.